The molecule has 3 rings (SSSR count). The number of hydrogen-bond acceptors (Lipinski definition) is 1. The normalized spacial score (nSPS) is 27.5. The number of rotatable bonds is 3. The Morgan fingerprint density at radius 1 is 1.11 bits per heavy atom. The third-order valence-electron chi connectivity index (χ3n) is 4.40. The standard InChI is InChI=1S/C17H21N/c1-2-13-5-3-7-16(11-13)18-17-8-4-6-15(12-17)14-9-10-14/h1,3,5,7,11,14-15,17-18H,4,6,8-10,12H2. The molecular weight excluding hydrogens is 218 g/mol. The van der Waals surface area contributed by atoms with Gasteiger partial charge in [0.2, 0.25) is 0 Å². The summed E-state index contributed by atoms with van der Waals surface area (Å²) in [5.74, 6) is 4.73. The van der Waals surface area contributed by atoms with Gasteiger partial charge in [0.1, 0.15) is 0 Å². The van der Waals surface area contributed by atoms with Gasteiger partial charge in [0, 0.05) is 17.3 Å². The maximum Gasteiger partial charge on any atom is 0.0354 e. The van der Waals surface area contributed by atoms with Crippen LogP contribution in [0.15, 0.2) is 24.3 Å². The largest absolute Gasteiger partial charge is 0.382 e. The molecule has 2 unspecified atom stereocenters. The SMILES string of the molecule is C#Cc1cccc(NC2CCCC(C3CC3)C2)c1. The third kappa shape index (κ3) is 2.70. The molecule has 0 aliphatic heterocycles. The number of terminal acetylenes is 1. The smallest absolute Gasteiger partial charge is 0.0354 e. The molecule has 1 aromatic rings. The van der Waals surface area contributed by atoms with Crippen molar-refractivity contribution < 1.29 is 0 Å². The predicted octanol–water partition coefficient (Wildman–Crippen LogP) is 4.05. The van der Waals surface area contributed by atoms with Gasteiger partial charge in [-0.2, -0.15) is 0 Å². The minimum absolute atomic E-state index is 0.650. The molecule has 1 heteroatoms. The predicted molar refractivity (Wildman–Crippen MR) is 76.5 cm³/mol. The molecule has 2 atom stereocenters. The number of benzene rings is 1. The van der Waals surface area contributed by atoms with E-state index in [-0.39, 0.29) is 0 Å². The van der Waals surface area contributed by atoms with Gasteiger partial charge in [-0.3, -0.25) is 0 Å². The van der Waals surface area contributed by atoms with Crippen molar-refractivity contribution in [2.75, 3.05) is 5.32 Å². The molecule has 2 saturated carbocycles. The molecule has 2 aliphatic rings. The number of nitrogens with one attached hydrogen (secondary N) is 1. The van der Waals surface area contributed by atoms with Crippen molar-refractivity contribution in [2.45, 2.75) is 44.6 Å². The Labute approximate surface area is 110 Å². The zero-order valence-electron chi connectivity index (χ0n) is 10.9. The molecule has 1 aromatic carbocycles. The van der Waals surface area contributed by atoms with Crippen LogP contribution in [0.4, 0.5) is 5.69 Å². The second kappa shape index (κ2) is 5.06. The summed E-state index contributed by atoms with van der Waals surface area (Å²) in [6.07, 6.45) is 13.9. The van der Waals surface area contributed by atoms with Crippen LogP contribution in [0.2, 0.25) is 0 Å². The highest BCUT2D eigenvalue weighted by molar-refractivity contribution is 5.50. The van der Waals surface area contributed by atoms with Crippen LogP contribution in [0, 0.1) is 24.2 Å². The lowest BCUT2D eigenvalue weighted by atomic mass is 9.82. The van der Waals surface area contributed by atoms with Crippen LogP contribution in [0.3, 0.4) is 0 Å². The van der Waals surface area contributed by atoms with E-state index in [0.29, 0.717) is 6.04 Å². The highest BCUT2D eigenvalue weighted by Crippen LogP contribution is 2.44. The summed E-state index contributed by atoms with van der Waals surface area (Å²) in [5, 5.41) is 3.67. The first-order chi connectivity index (χ1) is 8.85. The van der Waals surface area contributed by atoms with E-state index in [1.165, 1.54) is 44.2 Å². The Hall–Kier alpha value is -1.42. The van der Waals surface area contributed by atoms with Crippen molar-refractivity contribution in [1.29, 1.82) is 0 Å². The molecule has 1 nitrogen and oxygen atoms in total. The molecule has 0 radical (unpaired) electrons. The van der Waals surface area contributed by atoms with Gasteiger partial charge < -0.3 is 5.32 Å². The summed E-state index contributed by atoms with van der Waals surface area (Å²) in [7, 11) is 0. The Morgan fingerprint density at radius 3 is 2.78 bits per heavy atom. The lowest BCUT2D eigenvalue weighted by molar-refractivity contribution is 0.303. The summed E-state index contributed by atoms with van der Waals surface area (Å²) in [5.41, 5.74) is 2.15. The van der Waals surface area contributed by atoms with Crippen LogP contribution >= 0.6 is 0 Å². The van der Waals surface area contributed by atoms with Crippen LogP contribution in [-0.4, -0.2) is 6.04 Å². The zero-order valence-corrected chi connectivity index (χ0v) is 10.9. The fraction of sp³-hybridized carbons (Fsp3) is 0.529. The van der Waals surface area contributed by atoms with E-state index in [1.54, 1.807) is 0 Å². The minimum Gasteiger partial charge on any atom is -0.382 e. The molecule has 0 aromatic heterocycles. The van der Waals surface area contributed by atoms with Gasteiger partial charge in [0.25, 0.3) is 0 Å². The third-order valence-corrected chi connectivity index (χ3v) is 4.40. The minimum atomic E-state index is 0.650. The number of anilines is 1. The van der Waals surface area contributed by atoms with Crippen molar-refractivity contribution >= 4 is 5.69 Å². The summed E-state index contributed by atoms with van der Waals surface area (Å²) in [4.78, 5) is 0. The average Bonchev–Trinajstić information content (AvgIpc) is 3.24. The van der Waals surface area contributed by atoms with Crippen LogP contribution in [-0.2, 0) is 0 Å². The molecule has 2 aliphatic carbocycles. The van der Waals surface area contributed by atoms with E-state index in [2.05, 4.69) is 23.4 Å². The lowest BCUT2D eigenvalue weighted by Crippen LogP contribution is -2.28. The molecular formula is C17H21N. The average molecular weight is 239 g/mol. The molecule has 94 valence electrons. The van der Waals surface area contributed by atoms with Crippen molar-refractivity contribution in [2.24, 2.45) is 11.8 Å². The van der Waals surface area contributed by atoms with Gasteiger partial charge in [-0.1, -0.05) is 24.8 Å². The first kappa shape index (κ1) is 11.7. The van der Waals surface area contributed by atoms with Crippen LogP contribution in [0.5, 0.6) is 0 Å². The van der Waals surface area contributed by atoms with Gasteiger partial charge in [0.15, 0.2) is 0 Å². The maximum absolute atomic E-state index is 5.44. The van der Waals surface area contributed by atoms with E-state index in [9.17, 15) is 0 Å². The summed E-state index contributed by atoms with van der Waals surface area (Å²) < 4.78 is 0. The molecule has 2 fully saturated rings. The Morgan fingerprint density at radius 2 is 2.00 bits per heavy atom. The van der Waals surface area contributed by atoms with Crippen LogP contribution in [0.1, 0.15) is 44.1 Å². The van der Waals surface area contributed by atoms with Crippen molar-refractivity contribution in [3.63, 3.8) is 0 Å². The zero-order chi connectivity index (χ0) is 12.4. The highest BCUT2D eigenvalue weighted by Gasteiger charge is 2.34. The van der Waals surface area contributed by atoms with E-state index in [4.69, 9.17) is 6.42 Å². The highest BCUT2D eigenvalue weighted by atomic mass is 14.9. The maximum atomic E-state index is 5.44. The van der Waals surface area contributed by atoms with E-state index in [0.717, 1.165) is 17.4 Å². The van der Waals surface area contributed by atoms with E-state index >= 15 is 0 Å². The fourth-order valence-corrected chi connectivity index (χ4v) is 3.29. The second-order valence-corrected chi connectivity index (χ2v) is 5.83. The van der Waals surface area contributed by atoms with Gasteiger partial charge in [-0.05, 0) is 55.7 Å². The van der Waals surface area contributed by atoms with Gasteiger partial charge in [-0.15, -0.1) is 6.42 Å². The fourth-order valence-electron chi connectivity index (χ4n) is 3.29. The van der Waals surface area contributed by atoms with Gasteiger partial charge >= 0.3 is 0 Å². The summed E-state index contributed by atoms with van der Waals surface area (Å²) in [6.45, 7) is 0. The van der Waals surface area contributed by atoms with E-state index in [1.807, 2.05) is 12.1 Å². The summed E-state index contributed by atoms with van der Waals surface area (Å²) >= 11 is 0. The molecule has 0 bridgehead atoms. The quantitative estimate of drug-likeness (QED) is 0.785. The van der Waals surface area contributed by atoms with Crippen LogP contribution in [0.25, 0.3) is 0 Å². The Kier molecular flexibility index (Phi) is 3.28. The van der Waals surface area contributed by atoms with Crippen LogP contribution < -0.4 is 5.32 Å². The summed E-state index contributed by atoms with van der Waals surface area (Å²) in [6, 6.07) is 8.89. The van der Waals surface area contributed by atoms with Crippen molar-refractivity contribution in [3.8, 4) is 12.3 Å². The molecule has 1 N–H and O–H groups in total. The number of hydrogen-bond donors (Lipinski definition) is 1. The topological polar surface area (TPSA) is 12.0 Å². The van der Waals surface area contributed by atoms with E-state index < -0.39 is 0 Å². The first-order valence-corrected chi connectivity index (χ1v) is 7.18. The lowest BCUT2D eigenvalue weighted by Gasteiger charge is -2.30. The van der Waals surface area contributed by atoms with Crippen molar-refractivity contribution in [1.82, 2.24) is 0 Å². The molecule has 0 saturated heterocycles. The molecule has 0 heterocycles. The van der Waals surface area contributed by atoms with Crippen molar-refractivity contribution in [3.05, 3.63) is 29.8 Å². The Balaban J connectivity index is 1.62. The molecule has 0 spiro atoms. The second-order valence-electron chi connectivity index (χ2n) is 5.83. The van der Waals surface area contributed by atoms with Gasteiger partial charge in [0.05, 0.1) is 0 Å². The molecule has 0 amide bonds. The Bertz CT molecular complexity index is 453. The van der Waals surface area contributed by atoms with Gasteiger partial charge in [-0.25, -0.2) is 0 Å². The molecule has 18 heavy (non-hydrogen) atoms. The monoisotopic (exact) mass is 239 g/mol. The first-order valence-electron chi connectivity index (χ1n) is 7.18.